The van der Waals surface area contributed by atoms with Crippen molar-refractivity contribution in [3.8, 4) is 22.8 Å². The highest BCUT2D eigenvalue weighted by Gasteiger charge is 2.23. The number of para-hydroxylation sites is 1. The van der Waals surface area contributed by atoms with Crippen molar-refractivity contribution in [2.24, 2.45) is 0 Å². The lowest BCUT2D eigenvalue weighted by atomic mass is 9.96. The highest BCUT2D eigenvalue weighted by Crippen LogP contribution is 2.43. The average Bonchev–Trinajstić information content (AvgIpc) is 3.16. The van der Waals surface area contributed by atoms with Gasteiger partial charge >= 0.3 is 0 Å². The Labute approximate surface area is 205 Å². The third-order valence-corrected chi connectivity index (χ3v) is 7.19. The SMILES string of the molecule is O=c1cc(N2CCOCC2)cc(-c2cccc3c2Oc2ccc(NC4CCCNCC4)cc2C3)[nH]1. The van der Waals surface area contributed by atoms with Gasteiger partial charge in [-0.3, -0.25) is 4.79 Å². The molecule has 6 rings (SSSR count). The predicted octanol–water partition coefficient (Wildman–Crippen LogP) is 4.13. The number of nitrogens with zero attached hydrogens (tertiary/aromatic N) is 1. The Kier molecular flexibility index (Phi) is 6.19. The summed E-state index contributed by atoms with van der Waals surface area (Å²) in [5.74, 6) is 1.70. The molecule has 0 amide bonds. The van der Waals surface area contributed by atoms with Gasteiger partial charge in [-0.2, -0.15) is 0 Å². The molecule has 182 valence electrons. The van der Waals surface area contributed by atoms with Gasteiger partial charge in [-0.05, 0) is 68.2 Å². The number of hydrogen-bond acceptors (Lipinski definition) is 6. The van der Waals surface area contributed by atoms with Crippen molar-refractivity contribution in [2.75, 3.05) is 49.6 Å². The highest BCUT2D eigenvalue weighted by atomic mass is 16.5. The van der Waals surface area contributed by atoms with E-state index in [2.05, 4.69) is 50.8 Å². The minimum absolute atomic E-state index is 0.109. The summed E-state index contributed by atoms with van der Waals surface area (Å²) in [6.07, 6.45) is 4.33. The number of fused-ring (bicyclic) bond motifs is 2. The molecule has 4 heterocycles. The van der Waals surface area contributed by atoms with E-state index in [-0.39, 0.29) is 5.56 Å². The first kappa shape index (κ1) is 22.2. The number of rotatable bonds is 4. The molecule has 1 unspecified atom stereocenters. The molecule has 3 N–H and O–H groups in total. The van der Waals surface area contributed by atoms with Crippen LogP contribution in [0.25, 0.3) is 11.3 Å². The molecule has 0 radical (unpaired) electrons. The molecule has 7 heteroatoms. The number of ether oxygens (including phenoxy) is 2. The molecule has 2 aromatic carbocycles. The molecule has 1 aromatic heterocycles. The van der Waals surface area contributed by atoms with Crippen LogP contribution in [0.2, 0.25) is 0 Å². The summed E-state index contributed by atoms with van der Waals surface area (Å²) in [5.41, 5.74) is 5.97. The van der Waals surface area contributed by atoms with Gasteiger partial charge in [-0.15, -0.1) is 0 Å². The van der Waals surface area contributed by atoms with Crippen molar-refractivity contribution in [2.45, 2.75) is 31.7 Å². The quantitative estimate of drug-likeness (QED) is 0.415. The van der Waals surface area contributed by atoms with Crippen LogP contribution in [0.4, 0.5) is 11.4 Å². The maximum Gasteiger partial charge on any atom is 0.250 e. The molecule has 0 spiro atoms. The minimum atomic E-state index is -0.109. The van der Waals surface area contributed by atoms with E-state index in [4.69, 9.17) is 9.47 Å². The molecule has 35 heavy (non-hydrogen) atoms. The molecule has 7 nitrogen and oxygen atoms in total. The number of morpholine rings is 1. The lowest BCUT2D eigenvalue weighted by Crippen LogP contribution is -2.36. The van der Waals surface area contributed by atoms with Crippen LogP contribution >= 0.6 is 0 Å². The topological polar surface area (TPSA) is 78.6 Å². The van der Waals surface area contributed by atoms with E-state index < -0.39 is 0 Å². The Morgan fingerprint density at radius 1 is 0.971 bits per heavy atom. The Bertz CT molecular complexity index is 1260. The fraction of sp³-hybridized carbons (Fsp3) is 0.393. The molecule has 3 aromatic rings. The summed E-state index contributed by atoms with van der Waals surface area (Å²) >= 11 is 0. The zero-order chi connectivity index (χ0) is 23.6. The lowest BCUT2D eigenvalue weighted by Gasteiger charge is -2.29. The fourth-order valence-corrected chi connectivity index (χ4v) is 5.36. The van der Waals surface area contributed by atoms with Crippen molar-refractivity contribution in [1.82, 2.24) is 10.3 Å². The number of pyridine rings is 1. The van der Waals surface area contributed by atoms with Gasteiger partial charge in [-0.25, -0.2) is 0 Å². The van der Waals surface area contributed by atoms with Crippen LogP contribution in [-0.4, -0.2) is 50.4 Å². The molecule has 3 aliphatic rings. The van der Waals surface area contributed by atoms with E-state index in [1.54, 1.807) is 6.07 Å². The van der Waals surface area contributed by atoms with Crippen LogP contribution in [0.15, 0.2) is 53.3 Å². The monoisotopic (exact) mass is 472 g/mol. The number of hydrogen-bond donors (Lipinski definition) is 3. The number of nitrogens with one attached hydrogen (secondary N) is 3. The normalized spacial score (nSPS) is 19.8. The Hall–Kier alpha value is -3.29. The summed E-state index contributed by atoms with van der Waals surface area (Å²) in [6.45, 7) is 5.10. The minimum Gasteiger partial charge on any atom is -0.456 e. The molecule has 1 atom stereocenters. The van der Waals surface area contributed by atoms with Gasteiger partial charge in [0.2, 0.25) is 5.56 Å². The summed E-state index contributed by atoms with van der Waals surface area (Å²) in [5, 5.41) is 7.20. The van der Waals surface area contributed by atoms with Crippen LogP contribution in [0.3, 0.4) is 0 Å². The zero-order valence-corrected chi connectivity index (χ0v) is 19.9. The van der Waals surface area contributed by atoms with Gasteiger partial charge in [0.1, 0.15) is 11.5 Å². The van der Waals surface area contributed by atoms with E-state index in [1.165, 1.54) is 18.4 Å². The number of aromatic amines is 1. The predicted molar refractivity (Wildman–Crippen MR) is 139 cm³/mol. The lowest BCUT2D eigenvalue weighted by molar-refractivity contribution is 0.122. The van der Waals surface area contributed by atoms with Crippen molar-refractivity contribution >= 4 is 11.4 Å². The van der Waals surface area contributed by atoms with Crippen molar-refractivity contribution in [3.05, 3.63) is 70.0 Å². The van der Waals surface area contributed by atoms with Gasteiger partial charge in [-0.1, -0.05) is 12.1 Å². The second-order valence-corrected chi connectivity index (χ2v) is 9.63. The van der Waals surface area contributed by atoms with E-state index >= 15 is 0 Å². The van der Waals surface area contributed by atoms with Crippen LogP contribution < -0.4 is 25.8 Å². The van der Waals surface area contributed by atoms with Gasteiger partial charge in [0, 0.05) is 54.1 Å². The second kappa shape index (κ2) is 9.76. The Morgan fingerprint density at radius 3 is 2.80 bits per heavy atom. The molecule has 2 fully saturated rings. The standard InChI is InChI=1S/C28H32N4O3/c33-27-18-23(32-11-13-34-14-12-32)17-25(31-27)24-5-1-3-19-15-20-16-22(6-7-26(20)35-28(19)24)30-21-4-2-9-29-10-8-21/h1,3,5-7,16-18,21,29-30H,2,4,8-15H2,(H,31,33). The third kappa shape index (κ3) is 4.79. The van der Waals surface area contributed by atoms with Gasteiger partial charge < -0.3 is 30.0 Å². The van der Waals surface area contributed by atoms with Crippen LogP contribution in [-0.2, 0) is 11.2 Å². The molecule has 2 saturated heterocycles. The molecular formula is C28H32N4O3. The van der Waals surface area contributed by atoms with E-state index in [0.717, 1.165) is 78.7 Å². The van der Waals surface area contributed by atoms with Gasteiger partial charge in [0.15, 0.2) is 0 Å². The smallest absolute Gasteiger partial charge is 0.250 e. The molecule has 0 aliphatic carbocycles. The second-order valence-electron chi connectivity index (χ2n) is 9.63. The van der Waals surface area contributed by atoms with E-state index in [9.17, 15) is 4.79 Å². The summed E-state index contributed by atoms with van der Waals surface area (Å²) in [4.78, 5) is 17.8. The molecular weight excluding hydrogens is 440 g/mol. The Balaban J connectivity index is 1.27. The van der Waals surface area contributed by atoms with Crippen LogP contribution in [0.1, 0.15) is 30.4 Å². The molecule has 0 bridgehead atoms. The van der Waals surface area contributed by atoms with Gasteiger partial charge in [0.05, 0.1) is 18.9 Å². The zero-order valence-electron chi connectivity index (χ0n) is 19.9. The summed E-state index contributed by atoms with van der Waals surface area (Å²) in [6, 6.07) is 16.8. The van der Waals surface area contributed by atoms with Crippen molar-refractivity contribution in [1.29, 1.82) is 0 Å². The number of aromatic nitrogens is 1. The average molecular weight is 473 g/mol. The first-order chi connectivity index (χ1) is 17.2. The fourth-order valence-electron chi connectivity index (χ4n) is 5.36. The molecule has 3 aliphatic heterocycles. The highest BCUT2D eigenvalue weighted by molar-refractivity contribution is 5.74. The maximum absolute atomic E-state index is 12.6. The van der Waals surface area contributed by atoms with E-state index in [1.807, 2.05) is 12.1 Å². The number of anilines is 2. The number of H-pyrrole nitrogens is 1. The van der Waals surface area contributed by atoms with E-state index in [0.29, 0.717) is 19.3 Å². The number of benzene rings is 2. The Morgan fingerprint density at radius 2 is 1.89 bits per heavy atom. The van der Waals surface area contributed by atoms with Crippen molar-refractivity contribution in [3.63, 3.8) is 0 Å². The van der Waals surface area contributed by atoms with Crippen molar-refractivity contribution < 1.29 is 9.47 Å². The van der Waals surface area contributed by atoms with Crippen LogP contribution in [0.5, 0.6) is 11.5 Å². The third-order valence-electron chi connectivity index (χ3n) is 7.19. The maximum atomic E-state index is 12.6. The summed E-state index contributed by atoms with van der Waals surface area (Å²) < 4.78 is 11.9. The first-order valence-corrected chi connectivity index (χ1v) is 12.7. The molecule has 0 saturated carbocycles. The first-order valence-electron chi connectivity index (χ1n) is 12.7. The summed E-state index contributed by atoms with van der Waals surface area (Å²) in [7, 11) is 0. The van der Waals surface area contributed by atoms with Gasteiger partial charge in [0.25, 0.3) is 0 Å². The largest absolute Gasteiger partial charge is 0.456 e. The van der Waals surface area contributed by atoms with Crippen LogP contribution in [0, 0.1) is 0 Å².